The number of aliphatic carboxylic acids is 1. The largest absolute Gasteiger partial charge is 0.494 e. The molecule has 1 aromatic carbocycles. The van der Waals surface area contributed by atoms with Gasteiger partial charge in [-0.15, -0.1) is 0 Å². The van der Waals surface area contributed by atoms with Crippen LogP contribution in [0.1, 0.15) is 38.7 Å². The van der Waals surface area contributed by atoms with Gasteiger partial charge in [0.2, 0.25) is 0 Å². The van der Waals surface area contributed by atoms with Crippen LogP contribution in [-0.2, 0) is 16.0 Å². The molecule has 0 aliphatic heterocycles. The minimum absolute atomic E-state index is 0.205. The highest BCUT2D eigenvalue weighted by Crippen LogP contribution is 2.23. The Balaban J connectivity index is 1.82. The van der Waals surface area contributed by atoms with Gasteiger partial charge in [-0.1, -0.05) is 43.8 Å². The molecule has 0 spiro atoms. The first-order chi connectivity index (χ1) is 13.0. The molecular weight excluding hydrogens is 340 g/mol. The minimum atomic E-state index is -0.749. The third kappa shape index (κ3) is 6.81. The van der Waals surface area contributed by atoms with Crippen molar-refractivity contribution in [1.82, 2.24) is 0 Å². The van der Waals surface area contributed by atoms with Crippen LogP contribution < -0.4 is 0 Å². The molecule has 1 aromatic heterocycles. The smallest absolute Gasteiger partial charge is 0.303 e. The van der Waals surface area contributed by atoms with Gasteiger partial charge < -0.3 is 14.3 Å². The van der Waals surface area contributed by atoms with Crippen molar-refractivity contribution < 1.29 is 19.1 Å². The molecule has 1 heterocycles. The zero-order valence-corrected chi connectivity index (χ0v) is 16.1. The highest BCUT2D eigenvalue weighted by molar-refractivity contribution is 5.66. The second kappa shape index (κ2) is 10.4. The van der Waals surface area contributed by atoms with Crippen molar-refractivity contribution in [2.45, 2.75) is 39.5 Å². The minimum Gasteiger partial charge on any atom is -0.494 e. The first-order valence-electron chi connectivity index (χ1n) is 9.31. The van der Waals surface area contributed by atoms with Gasteiger partial charge in [0.15, 0.2) is 0 Å². The van der Waals surface area contributed by atoms with Crippen LogP contribution in [0.2, 0.25) is 0 Å². The van der Waals surface area contributed by atoms with Crippen LogP contribution in [0.15, 0.2) is 71.1 Å². The van der Waals surface area contributed by atoms with Gasteiger partial charge in [0, 0.05) is 18.4 Å². The fourth-order valence-electron chi connectivity index (χ4n) is 2.80. The Morgan fingerprint density at radius 2 is 2.00 bits per heavy atom. The van der Waals surface area contributed by atoms with Gasteiger partial charge in [-0.3, -0.25) is 4.79 Å². The number of allylic oxidation sites excluding steroid dienone is 2. The molecule has 4 heteroatoms. The predicted molar refractivity (Wildman–Crippen MR) is 107 cm³/mol. The van der Waals surface area contributed by atoms with E-state index in [1.807, 2.05) is 32.1 Å². The molecule has 0 aliphatic carbocycles. The van der Waals surface area contributed by atoms with Crippen LogP contribution >= 0.6 is 0 Å². The third-order valence-electron chi connectivity index (χ3n) is 4.60. The number of carboxylic acids is 1. The summed E-state index contributed by atoms with van der Waals surface area (Å²) in [6, 6.07) is 12.1. The Kier molecular flexibility index (Phi) is 7.93. The van der Waals surface area contributed by atoms with Gasteiger partial charge in [0.1, 0.15) is 11.5 Å². The number of hydrogen-bond acceptors (Lipinski definition) is 3. The Morgan fingerprint density at radius 3 is 2.59 bits per heavy atom. The summed E-state index contributed by atoms with van der Waals surface area (Å²) >= 11 is 0. The lowest BCUT2D eigenvalue weighted by Crippen LogP contribution is -2.06. The maximum atomic E-state index is 10.6. The van der Waals surface area contributed by atoms with Gasteiger partial charge >= 0.3 is 5.97 Å². The molecule has 1 unspecified atom stereocenters. The fraction of sp³-hybridized carbons (Fsp3) is 0.348. The summed E-state index contributed by atoms with van der Waals surface area (Å²) in [4.78, 5) is 10.6. The highest BCUT2D eigenvalue weighted by atomic mass is 16.5. The van der Waals surface area contributed by atoms with E-state index in [-0.39, 0.29) is 6.42 Å². The molecular formula is C23H28O4. The number of carboxylic acid groups (broad SMARTS) is 1. The van der Waals surface area contributed by atoms with E-state index in [0.717, 1.165) is 29.7 Å². The van der Waals surface area contributed by atoms with Gasteiger partial charge in [-0.05, 0) is 49.0 Å². The average molecular weight is 368 g/mol. The summed E-state index contributed by atoms with van der Waals surface area (Å²) in [7, 11) is 0. The number of carbonyl (C=O) groups is 1. The van der Waals surface area contributed by atoms with Gasteiger partial charge in [-0.25, -0.2) is 0 Å². The Morgan fingerprint density at radius 1 is 1.26 bits per heavy atom. The van der Waals surface area contributed by atoms with E-state index in [0.29, 0.717) is 24.7 Å². The van der Waals surface area contributed by atoms with Crippen molar-refractivity contribution >= 4 is 5.97 Å². The quantitative estimate of drug-likeness (QED) is 0.399. The average Bonchev–Trinajstić information content (AvgIpc) is 3.19. The standard InChI is InChI=1S/C23H28O4/c1-4-20(18(3)26-15-13-17(2)7-12-23(24)25)16-19-8-10-21(11-9-19)22-6-5-14-27-22/h4-6,8-11,14,17H,3,7,12-13,15-16H2,1-2H3,(H,24,25)/b20-4-. The summed E-state index contributed by atoms with van der Waals surface area (Å²) in [6.07, 6.45) is 6.14. The molecule has 1 atom stereocenters. The number of hydrogen-bond donors (Lipinski definition) is 1. The molecule has 2 rings (SSSR count). The summed E-state index contributed by atoms with van der Waals surface area (Å²) < 4.78 is 11.2. The molecule has 0 radical (unpaired) electrons. The van der Waals surface area contributed by atoms with Crippen molar-refractivity contribution in [3.8, 4) is 11.3 Å². The zero-order valence-electron chi connectivity index (χ0n) is 16.1. The van der Waals surface area contributed by atoms with Crippen LogP contribution in [0.25, 0.3) is 11.3 Å². The van der Waals surface area contributed by atoms with Gasteiger partial charge in [0.05, 0.1) is 12.9 Å². The molecule has 0 aliphatic rings. The molecule has 27 heavy (non-hydrogen) atoms. The molecule has 2 aromatic rings. The van der Waals surface area contributed by atoms with E-state index in [1.165, 1.54) is 5.56 Å². The van der Waals surface area contributed by atoms with Crippen LogP contribution in [-0.4, -0.2) is 17.7 Å². The number of rotatable bonds is 11. The normalized spacial score (nSPS) is 12.6. The van der Waals surface area contributed by atoms with Gasteiger partial charge in [0.25, 0.3) is 0 Å². The van der Waals surface area contributed by atoms with E-state index in [9.17, 15) is 4.79 Å². The number of furan rings is 1. The van der Waals surface area contributed by atoms with Crippen molar-refractivity contribution in [1.29, 1.82) is 0 Å². The number of ether oxygens (including phenoxy) is 1. The summed E-state index contributed by atoms with van der Waals surface area (Å²) in [5.41, 5.74) is 3.29. The van der Waals surface area contributed by atoms with Crippen LogP contribution in [0.3, 0.4) is 0 Å². The lowest BCUT2D eigenvalue weighted by atomic mass is 10.0. The summed E-state index contributed by atoms with van der Waals surface area (Å²) in [6.45, 7) is 8.63. The van der Waals surface area contributed by atoms with E-state index < -0.39 is 5.97 Å². The second-order valence-corrected chi connectivity index (χ2v) is 6.76. The summed E-state index contributed by atoms with van der Waals surface area (Å²) in [5.74, 6) is 1.11. The second-order valence-electron chi connectivity index (χ2n) is 6.76. The summed E-state index contributed by atoms with van der Waals surface area (Å²) in [5, 5.41) is 8.73. The SMILES string of the molecule is C=C(OCCC(C)CCC(=O)O)/C(=C\C)Cc1ccc(-c2ccco2)cc1. The van der Waals surface area contributed by atoms with E-state index in [1.54, 1.807) is 6.26 Å². The molecule has 144 valence electrons. The van der Waals surface area contributed by atoms with Crippen molar-refractivity contribution in [3.05, 3.63) is 72.2 Å². The molecule has 0 amide bonds. The first kappa shape index (κ1) is 20.6. The molecule has 0 saturated heterocycles. The highest BCUT2D eigenvalue weighted by Gasteiger charge is 2.09. The fourth-order valence-corrected chi connectivity index (χ4v) is 2.80. The lowest BCUT2D eigenvalue weighted by molar-refractivity contribution is -0.137. The maximum Gasteiger partial charge on any atom is 0.303 e. The van der Waals surface area contributed by atoms with Gasteiger partial charge in [-0.2, -0.15) is 0 Å². The molecule has 4 nitrogen and oxygen atoms in total. The van der Waals surface area contributed by atoms with Crippen molar-refractivity contribution in [2.24, 2.45) is 5.92 Å². The molecule has 0 fully saturated rings. The molecule has 0 bridgehead atoms. The van der Waals surface area contributed by atoms with Crippen molar-refractivity contribution in [3.63, 3.8) is 0 Å². The van der Waals surface area contributed by atoms with E-state index in [2.05, 4.69) is 30.8 Å². The monoisotopic (exact) mass is 368 g/mol. The molecule has 1 N–H and O–H groups in total. The predicted octanol–water partition coefficient (Wildman–Crippen LogP) is 5.86. The molecule has 0 saturated carbocycles. The topological polar surface area (TPSA) is 59.7 Å². The Hall–Kier alpha value is -2.75. The van der Waals surface area contributed by atoms with E-state index >= 15 is 0 Å². The first-order valence-corrected chi connectivity index (χ1v) is 9.31. The maximum absolute atomic E-state index is 10.6. The van der Waals surface area contributed by atoms with Crippen molar-refractivity contribution in [2.75, 3.05) is 6.61 Å². The Bertz CT molecular complexity index is 754. The number of benzene rings is 1. The van der Waals surface area contributed by atoms with Crippen LogP contribution in [0.4, 0.5) is 0 Å². The van der Waals surface area contributed by atoms with E-state index in [4.69, 9.17) is 14.3 Å². The van der Waals surface area contributed by atoms with Crippen LogP contribution in [0.5, 0.6) is 0 Å². The Labute approximate surface area is 161 Å². The third-order valence-corrected chi connectivity index (χ3v) is 4.60. The lowest BCUT2D eigenvalue weighted by Gasteiger charge is -2.15. The zero-order chi connectivity index (χ0) is 19.6. The van der Waals surface area contributed by atoms with Crippen LogP contribution in [0, 0.1) is 5.92 Å².